The van der Waals surface area contributed by atoms with Crippen LogP contribution in [0.5, 0.6) is 5.75 Å². The third kappa shape index (κ3) is 3.72. The van der Waals surface area contributed by atoms with Crippen molar-refractivity contribution < 1.29 is 5.11 Å². The summed E-state index contributed by atoms with van der Waals surface area (Å²) in [6.07, 6.45) is 4.23. The van der Waals surface area contributed by atoms with E-state index in [9.17, 15) is 5.11 Å². The second-order valence-electron chi connectivity index (χ2n) is 6.64. The molecule has 3 aromatic rings. The van der Waals surface area contributed by atoms with E-state index >= 15 is 0 Å². The van der Waals surface area contributed by atoms with Gasteiger partial charge in [-0.25, -0.2) is 4.68 Å². The number of phenols is 1. The summed E-state index contributed by atoms with van der Waals surface area (Å²) in [5, 5.41) is 18.2. The minimum atomic E-state index is 0.359. The molecule has 2 aromatic carbocycles. The van der Waals surface area contributed by atoms with Gasteiger partial charge in [0.05, 0.1) is 17.6 Å². The molecule has 4 rings (SSSR count). The Morgan fingerprint density at radius 1 is 1.00 bits per heavy atom. The molecule has 0 spiro atoms. The fraction of sp³-hybridized carbons (Fsp3) is 0.300. The average molecular weight is 334 g/mol. The second kappa shape index (κ2) is 7.07. The quantitative estimate of drug-likeness (QED) is 0.795. The van der Waals surface area contributed by atoms with Crippen molar-refractivity contribution in [2.24, 2.45) is 0 Å². The second-order valence-corrected chi connectivity index (χ2v) is 6.64. The number of likely N-dealkylation sites (tertiary alicyclic amines) is 1. The van der Waals surface area contributed by atoms with Crippen molar-refractivity contribution in [1.82, 2.24) is 19.9 Å². The van der Waals surface area contributed by atoms with Gasteiger partial charge in [-0.1, -0.05) is 35.5 Å². The first-order valence-corrected chi connectivity index (χ1v) is 8.76. The Hall–Kier alpha value is -2.66. The third-order valence-corrected chi connectivity index (χ3v) is 4.88. The van der Waals surface area contributed by atoms with Crippen molar-refractivity contribution in [3.63, 3.8) is 0 Å². The SMILES string of the molecule is Oc1cccc(C2CCN(Cc3cn(-c4ccccc4)nn3)CC2)c1. The van der Waals surface area contributed by atoms with Crippen molar-refractivity contribution in [2.45, 2.75) is 25.3 Å². The number of hydrogen-bond acceptors (Lipinski definition) is 4. The molecule has 0 aliphatic carbocycles. The number of aromatic hydroxyl groups is 1. The van der Waals surface area contributed by atoms with Crippen molar-refractivity contribution >= 4 is 0 Å². The lowest BCUT2D eigenvalue weighted by molar-refractivity contribution is 0.202. The van der Waals surface area contributed by atoms with Gasteiger partial charge >= 0.3 is 0 Å². The highest BCUT2D eigenvalue weighted by molar-refractivity contribution is 5.31. The average Bonchev–Trinajstić information content (AvgIpc) is 3.12. The Kier molecular flexibility index (Phi) is 4.48. The largest absolute Gasteiger partial charge is 0.508 e. The summed E-state index contributed by atoms with van der Waals surface area (Å²) in [6, 6.07) is 17.7. The maximum Gasteiger partial charge on any atom is 0.115 e. The van der Waals surface area contributed by atoms with E-state index in [1.165, 1.54) is 5.56 Å². The van der Waals surface area contributed by atoms with E-state index in [1.807, 2.05) is 53.3 Å². The molecule has 25 heavy (non-hydrogen) atoms. The molecule has 1 fully saturated rings. The molecule has 1 N–H and O–H groups in total. The maximum atomic E-state index is 9.66. The zero-order chi connectivity index (χ0) is 17.1. The first kappa shape index (κ1) is 15.8. The van der Waals surface area contributed by atoms with Crippen molar-refractivity contribution in [2.75, 3.05) is 13.1 Å². The monoisotopic (exact) mass is 334 g/mol. The zero-order valence-electron chi connectivity index (χ0n) is 14.1. The molecule has 0 bridgehead atoms. The molecule has 0 unspecified atom stereocenters. The smallest absolute Gasteiger partial charge is 0.115 e. The van der Waals surface area contributed by atoms with Crippen LogP contribution in [0.15, 0.2) is 60.8 Å². The van der Waals surface area contributed by atoms with Crippen LogP contribution in [-0.2, 0) is 6.54 Å². The number of piperidine rings is 1. The molecule has 0 saturated carbocycles. The number of aromatic nitrogens is 3. The molecular formula is C20H22N4O. The van der Waals surface area contributed by atoms with Gasteiger partial charge in [0, 0.05) is 6.54 Å². The van der Waals surface area contributed by atoms with E-state index in [2.05, 4.69) is 21.3 Å². The molecule has 0 atom stereocenters. The first-order valence-electron chi connectivity index (χ1n) is 8.76. The lowest BCUT2D eigenvalue weighted by Crippen LogP contribution is -2.32. The van der Waals surface area contributed by atoms with Crippen LogP contribution in [0.25, 0.3) is 5.69 Å². The van der Waals surface area contributed by atoms with Gasteiger partial charge < -0.3 is 5.11 Å². The molecule has 1 aromatic heterocycles. The third-order valence-electron chi connectivity index (χ3n) is 4.88. The molecule has 0 radical (unpaired) electrons. The lowest BCUT2D eigenvalue weighted by atomic mass is 9.89. The molecule has 5 heteroatoms. The number of phenolic OH excluding ortho intramolecular Hbond substituents is 1. The highest BCUT2D eigenvalue weighted by Gasteiger charge is 2.21. The van der Waals surface area contributed by atoms with Gasteiger partial charge in [0.25, 0.3) is 0 Å². The van der Waals surface area contributed by atoms with E-state index in [-0.39, 0.29) is 0 Å². The Labute approximate surface area is 147 Å². The van der Waals surface area contributed by atoms with E-state index in [0.717, 1.165) is 43.9 Å². The van der Waals surface area contributed by atoms with E-state index < -0.39 is 0 Å². The first-order chi connectivity index (χ1) is 12.3. The topological polar surface area (TPSA) is 54.2 Å². The van der Waals surface area contributed by atoms with E-state index in [1.54, 1.807) is 6.07 Å². The fourth-order valence-corrected chi connectivity index (χ4v) is 3.51. The molecule has 5 nitrogen and oxygen atoms in total. The number of nitrogens with zero attached hydrogens (tertiary/aromatic N) is 4. The van der Waals surface area contributed by atoms with Crippen LogP contribution in [0.4, 0.5) is 0 Å². The normalized spacial score (nSPS) is 16.2. The molecule has 1 aliphatic rings. The van der Waals surface area contributed by atoms with Crippen molar-refractivity contribution in [1.29, 1.82) is 0 Å². The van der Waals surface area contributed by atoms with Crippen LogP contribution in [0.2, 0.25) is 0 Å². The molecule has 1 aliphatic heterocycles. The number of benzene rings is 2. The minimum absolute atomic E-state index is 0.359. The predicted octanol–water partition coefficient (Wildman–Crippen LogP) is 3.35. The molecule has 128 valence electrons. The summed E-state index contributed by atoms with van der Waals surface area (Å²) in [4.78, 5) is 2.43. The Morgan fingerprint density at radius 3 is 2.56 bits per heavy atom. The highest BCUT2D eigenvalue weighted by atomic mass is 16.3. The van der Waals surface area contributed by atoms with Crippen LogP contribution in [0.3, 0.4) is 0 Å². The summed E-state index contributed by atoms with van der Waals surface area (Å²) < 4.78 is 1.83. The van der Waals surface area contributed by atoms with Gasteiger partial charge in [0.1, 0.15) is 5.75 Å². The van der Waals surface area contributed by atoms with E-state index in [4.69, 9.17) is 0 Å². The minimum Gasteiger partial charge on any atom is -0.508 e. The van der Waals surface area contributed by atoms with Gasteiger partial charge in [-0.15, -0.1) is 5.10 Å². The Balaban J connectivity index is 1.35. The standard InChI is InChI=1S/C20H22N4O/c25-20-8-4-5-17(13-20)16-9-11-23(12-10-16)14-18-15-24(22-21-18)19-6-2-1-3-7-19/h1-8,13,15-16,25H,9-12,14H2. The van der Waals surface area contributed by atoms with Gasteiger partial charge in [-0.3, -0.25) is 4.90 Å². The number of rotatable bonds is 4. The van der Waals surface area contributed by atoms with Crippen LogP contribution >= 0.6 is 0 Å². The highest BCUT2D eigenvalue weighted by Crippen LogP contribution is 2.30. The van der Waals surface area contributed by atoms with Crippen molar-refractivity contribution in [3.05, 3.63) is 72.1 Å². The van der Waals surface area contributed by atoms with Crippen LogP contribution in [0.1, 0.15) is 30.0 Å². The predicted molar refractivity (Wildman–Crippen MR) is 96.7 cm³/mol. The van der Waals surface area contributed by atoms with Crippen LogP contribution in [0, 0.1) is 0 Å². The van der Waals surface area contributed by atoms with Gasteiger partial charge in [-0.2, -0.15) is 0 Å². The maximum absolute atomic E-state index is 9.66. The van der Waals surface area contributed by atoms with Gasteiger partial charge in [0.2, 0.25) is 0 Å². The number of hydrogen-bond donors (Lipinski definition) is 1. The summed E-state index contributed by atoms with van der Waals surface area (Å²) in [7, 11) is 0. The summed E-state index contributed by atoms with van der Waals surface area (Å²) >= 11 is 0. The van der Waals surface area contributed by atoms with E-state index in [0.29, 0.717) is 11.7 Å². The lowest BCUT2D eigenvalue weighted by Gasteiger charge is -2.31. The summed E-state index contributed by atoms with van der Waals surface area (Å²) in [6.45, 7) is 2.91. The molecular weight excluding hydrogens is 312 g/mol. The van der Waals surface area contributed by atoms with Crippen LogP contribution < -0.4 is 0 Å². The van der Waals surface area contributed by atoms with Gasteiger partial charge in [0.15, 0.2) is 0 Å². The molecule has 2 heterocycles. The fourth-order valence-electron chi connectivity index (χ4n) is 3.51. The number of para-hydroxylation sites is 1. The molecule has 0 amide bonds. The summed E-state index contributed by atoms with van der Waals surface area (Å²) in [5.41, 5.74) is 3.28. The van der Waals surface area contributed by atoms with Crippen molar-refractivity contribution in [3.8, 4) is 11.4 Å². The zero-order valence-corrected chi connectivity index (χ0v) is 14.1. The molecule has 1 saturated heterocycles. The summed E-state index contributed by atoms with van der Waals surface area (Å²) in [5.74, 6) is 0.890. The van der Waals surface area contributed by atoms with Gasteiger partial charge in [-0.05, 0) is 61.7 Å². The van der Waals surface area contributed by atoms with Crippen LogP contribution in [-0.4, -0.2) is 38.1 Å². The Morgan fingerprint density at radius 2 is 1.80 bits per heavy atom. The Bertz CT molecular complexity index is 822.